The quantitative estimate of drug-likeness (QED) is 0.0251. The number of nitrogens with one attached hydrogen (secondary N) is 14. The fourth-order valence-corrected chi connectivity index (χ4v) is 11.1. The lowest BCUT2D eigenvalue weighted by Crippen LogP contribution is -2.29. The van der Waals surface area contributed by atoms with Crippen LogP contribution in [0.25, 0.3) is 0 Å². The first-order valence-corrected chi connectivity index (χ1v) is 49.2. The van der Waals surface area contributed by atoms with Crippen molar-refractivity contribution < 1.29 is 43.4 Å². The summed E-state index contributed by atoms with van der Waals surface area (Å²) < 4.78 is 4.78. The van der Waals surface area contributed by atoms with Gasteiger partial charge in [0.1, 0.15) is 0 Å². The molecule has 0 aliphatic heterocycles. The number of ether oxygens (including phenoxy) is 1. The Morgan fingerprint density at radius 2 is 0.443 bits per heavy atom. The molecule has 27 nitrogen and oxygen atoms in total. The molecule has 0 saturated carbocycles. The van der Waals surface area contributed by atoms with Gasteiger partial charge >= 0.3 is 0 Å². The number of methoxy groups -OCH3 is 1. The minimum Gasteiger partial charge on any atom is -0.396 e. The third kappa shape index (κ3) is 150. The van der Waals surface area contributed by atoms with E-state index < -0.39 is 0 Å². The van der Waals surface area contributed by atoms with Crippen molar-refractivity contribution in [3.63, 3.8) is 0 Å². The maximum Gasteiger partial charge on any atom is 0.220 e. The molecule has 0 unspecified atom stereocenters. The van der Waals surface area contributed by atoms with E-state index in [1.165, 1.54) is 116 Å². The predicted octanol–water partition coefficient (Wildman–Crippen LogP) is 12.0. The molecule has 0 aromatic heterocycles. The second-order valence-electron chi connectivity index (χ2n) is 35.3. The highest BCUT2D eigenvalue weighted by atomic mass is 16.5. The summed E-state index contributed by atoms with van der Waals surface area (Å²) in [6.45, 7) is 60.5. The van der Waals surface area contributed by atoms with Crippen LogP contribution >= 0.6 is 0 Å². The van der Waals surface area contributed by atoms with Crippen LogP contribution in [0.2, 0.25) is 0 Å². The van der Waals surface area contributed by atoms with Crippen LogP contribution in [-0.2, 0) is 38.3 Å². The molecule has 0 saturated heterocycles. The molecule has 23 N–H and O–H groups in total. The number of carbonyl (C=O) groups excluding carboxylic acids is 7. The molecule has 0 aliphatic carbocycles. The topological polar surface area (TPSA) is 421 Å². The van der Waals surface area contributed by atoms with Crippen molar-refractivity contribution in [2.24, 2.45) is 64.4 Å². The molecular formula is C95H210N18O9. The van der Waals surface area contributed by atoms with Crippen LogP contribution in [0.3, 0.4) is 0 Å². The lowest BCUT2D eigenvalue weighted by molar-refractivity contribution is -0.122. The molecule has 0 rings (SSSR count). The van der Waals surface area contributed by atoms with Gasteiger partial charge in [0.25, 0.3) is 0 Å². The first-order valence-electron chi connectivity index (χ1n) is 49.2. The normalized spacial score (nSPS) is 10.8. The third-order valence-corrected chi connectivity index (χ3v) is 17.7. The Labute approximate surface area is 752 Å². The SMILES string of the molecule is CC(C)CC(=O)NCCCCCN.CC(C)CC(=O)NCCCCCO.CC(C)CC(=O)NCCCNCCCCCCCCN.CC(C)CC(=O)NCCCNCCCN.CC(C)NCCCNCCCCCCCCN.CCCCNCCCNCCCNC(=O)CC(C)C.CCCNCCCNC(=O)CC(C)C.COCCNC(=O)CC(C)C. The number of carbonyl (C=O) groups is 7. The Morgan fingerprint density at radius 1 is 0.238 bits per heavy atom. The molecule has 0 aliphatic rings. The van der Waals surface area contributed by atoms with E-state index in [-0.39, 0.29) is 48.0 Å². The van der Waals surface area contributed by atoms with Crippen molar-refractivity contribution in [2.45, 2.75) is 355 Å². The molecule has 7 amide bonds. The van der Waals surface area contributed by atoms with E-state index in [9.17, 15) is 33.6 Å². The van der Waals surface area contributed by atoms with Crippen molar-refractivity contribution >= 4 is 41.4 Å². The van der Waals surface area contributed by atoms with Gasteiger partial charge in [0.2, 0.25) is 41.4 Å². The summed E-state index contributed by atoms with van der Waals surface area (Å²) in [5.74, 6) is 4.19. The van der Waals surface area contributed by atoms with Crippen LogP contribution in [0, 0.1) is 41.4 Å². The van der Waals surface area contributed by atoms with Crippen molar-refractivity contribution in [1.82, 2.24) is 74.4 Å². The zero-order valence-electron chi connectivity index (χ0n) is 83.3. The van der Waals surface area contributed by atoms with E-state index in [1.807, 2.05) is 55.4 Å². The molecule has 27 heteroatoms. The molecule has 0 bridgehead atoms. The van der Waals surface area contributed by atoms with Gasteiger partial charge in [-0.2, -0.15) is 0 Å². The molecule has 0 aromatic rings. The van der Waals surface area contributed by atoms with Gasteiger partial charge in [0, 0.05) is 111 Å². The van der Waals surface area contributed by atoms with E-state index in [0.717, 1.165) is 215 Å². The van der Waals surface area contributed by atoms with Crippen LogP contribution in [-0.4, -0.2) is 230 Å². The van der Waals surface area contributed by atoms with Crippen molar-refractivity contribution in [1.29, 1.82) is 0 Å². The number of rotatable bonds is 76. The molecule has 0 spiro atoms. The molecule has 0 heterocycles. The average molecular weight is 1750 g/mol. The molecule has 734 valence electrons. The predicted molar refractivity (Wildman–Crippen MR) is 523 cm³/mol. The van der Waals surface area contributed by atoms with Gasteiger partial charge < -0.3 is 107 Å². The van der Waals surface area contributed by atoms with Crippen LogP contribution in [0.15, 0.2) is 0 Å². The molecule has 0 atom stereocenters. The Kier molecular flexibility index (Phi) is 125. The first-order chi connectivity index (χ1) is 58.4. The van der Waals surface area contributed by atoms with Crippen LogP contribution in [0.1, 0.15) is 349 Å². The van der Waals surface area contributed by atoms with Gasteiger partial charge in [-0.1, -0.05) is 189 Å². The van der Waals surface area contributed by atoms with Crippen LogP contribution in [0.5, 0.6) is 0 Å². The monoisotopic (exact) mass is 1750 g/mol. The molecule has 0 aromatic carbocycles. The Bertz CT molecular complexity index is 2070. The standard InChI is InChI=1S/C16H35N3O.C15H33N3O.C14H33N3.C11H25N3O.C11H24N2O.C10H22N2O.C10H21NO2.C8H17NO2/c1-15(2)14-16(20)19-13-9-12-18-11-8-6-4-3-5-7-10-17;1-4-5-8-16-9-6-10-17-11-7-12-18-15(19)13-14(2)3;1-14(2)17-13-9-12-16-11-8-6-4-3-5-7-10-15;1-10(2)9-11(15)14-8-4-7-13-6-3-5-12;1-4-6-12-7-5-8-13-11(14)9-10(2)3;1-9(2)8-10(13)12-7-5-3-4-6-11;1-9(2)8-10(13)11-6-4-3-5-7-12;1-7(2)6-8(10)9-4-5-11-3/h15,18H,3-14,17H2,1-2H3,(H,19,20);14,16-17H,4-13H2,1-3H3,(H,18,19);14,16-17H,3-13,15H2,1-2H3;10,13H,3-9,12H2,1-2H3,(H,14,15);10,12H,4-9H2,1-3H3,(H,13,14);9H,3-8,11H2,1-2H3,(H,12,13);9,12H,3-8H2,1-2H3,(H,11,13);7H,4-6H2,1-3H3,(H,9,10). The lowest BCUT2D eigenvalue weighted by Gasteiger charge is -2.08. The number of hydrogen-bond donors (Lipinski definition) is 19. The fourth-order valence-electron chi connectivity index (χ4n) is 11.1. The van der Waals surface area contributed by atoms with E-state index in [4.69, 9.17) is 32.8 Å². The second-order valence-corrected chi connectivity index (χ2v) is 35.3. The van der Waals surface area contributed by atoms with Crippen LogP contribution < -0.4 is 97.4 Å². The highest BCUT2D eigenvalue weighted by Gasteiger charge is 2.09. The van der Waals surface area contributed by atoms with Gasteiger partial charge in [-0.25, -0.2) is 0 Å². The third-order valence-electron chi connectivity index (χ3n) is 17.7. The van der Waals surface area contributed by atoms with E-state index in [1.54, 1.807) is 7.11 Å². The largest absolute Gasteiger partial charge is 0.396 e. The number of unbranched alkanes of at least 4 members (excludes halogenated alkanes) is 15. The van der Waals surface area contributed by atoms with Crippen molar-refractivity contribution in [2.75, 3.05) is 177 Å². The Morgan fingerprint density at radius 3 is 0.697 bits per heavy atom. The van der Waals surface area contributed by atoms with Gasteiger partial charge in [0.15, 0.2) is 0 Å². The summed E-state index contributed by atoms with van der Waals surface area (Å²) in [6.07, 6.45) is 37.1. The summed E-state index contributed by atoms with van der Waals surface area (Å²) in [7, 11) is 1.62. The zero-order chi connectivity index (χ0) is 93.4. The summed E-state index contributed by atoms with van der Waals surface area (Å²) in [4.78, 5) is 78.5. The summed E-state index contributed by atoms with van der Waals surface area (Å²) in [5.41, 5.74) is 21.6. The number of amides is 7. The summed E-state index contributed by atoms with van der Waals surface area (Å²) in [5, 5.41) is 52.5. The van der Waals surface area contributed by atoms with Crippen molar-refractivity contribution in [3.05, 3.63) is 0 Å². The minimum atomic E-state index is 0.108. The van der Waals surface area contributed by atoms with Gasteiger partial charge in [0.05, 0.1) is 6.61 Å². The molecule has 122 heavy (non-hydrogen) atoms. The number of hydrogen-bond acceptors (Lipinski definition) is 20. The molecular weight excluding hydrogens is 1540 g/mol. The smallest absolute Gasteiger partial charge is 0.220 e. The maximum absolute atomic E-state index is 11.4. The Balaban J connectivity index is -0.000000204. The summed E-state index contributed by atoms with van der Waals surface area (Å²) >= 11 is 0. The number of aliphatic hydroxyl groups is 1. The average Bonchev–Trinajstić information content (AvgIpc) is 1.06. The molecule has 0 fully saturated rings. The highest BCUT2D eigenvalue weighted by molar-refractivity contribution is 5.78. The first kappa shape index (κ1) is 133. The van der Waals surface area contributed by atoms with E-state index in [0.29, 0.717) is 106 Å². The summed E-state index contributed by atoms with van der Waals surface area (Å²) in [6, 6.07) is 0.614. The number of aliphatic hydroxyl groups excluding tert-OH is 1. The van der Waals surface area contributed by atoms with Gasteiger partial charge in [-0.3, -0.25) is 33.6 Å². The maximum atomic E-state index is 11.4. The van der Waals surface area contributed by atoms with E-state index >= 15 is 0 Å². The Hall–Kier alpha value is -4.23. The molecule has 0 radical (unpaired) electrons. The van der Waals surface area contributed by atoms with Gasteiger partial charge in [-0.15, -0.1) is 0 Å². The number of nitrogens with two attached hydrogens (primary N) is 4. The second kappa shape index (κ2) is 115. The lowest BCUT2D eigenvalue weighted by atomic mass is 10.1. The van der Waals surface area contributed by atoms with Gasteiger partial charge in [-0.05, 0) is 268 Å². The highest BCUT2D eigenvalue weighted by Crippen LogP contribution is 2.07. The van der Waals surface area contributed by atoms with Crippen LogP contribution in [0.4, 0.5) is 0 Å². The zero-order valence-corrected chi connectivity index (χ0v) is 83.3. The van der Waals surface area contributed by atoms with E-state index in [2.05, 4.69) is 144 Å². The minimum absolute atomic E-state index is 0.108. The van der Waals surface area contributed by atoms with Crippen molar-refractivity contribution in [3.8, 4) is 0 Å². The fraction of sp³-hybridized carbons (Fsp3) is 0.926.